The Morgan fingerprint density at radius 1 is 1.33 bits per heavy atom. The standard InChI is InChI=1S/C16H21BrN2O2/c1-4-7-18-9-13-8-14(17)5-6-16(13)20-10-15-11(2)19-21-12(15)3/h5-6,8,18H,4,7,9-10H2,1-3H3. The van der Waals surface area contributed by atoms with Gasteiger partial charge in [-0.25, -0.2) is 0 Å². The van der Waals surface area contributed by atoms with Crippen molar-refractivity contribution < 1.29 is 9.26 Å². The summed E-state index contributed by atoms with van der Waals surface area (Å²) >= 11 is 3.51. The third-order valence-electron chi connectivity index (χ3n) is 3.32. The third-order valence-corrected chi connectivity index (χ3v) is 3.81. The predicted molar refractivity (Wildman–Crippen MR) is 86.4 cm³/mol. The zero-order chi connectivity index (χ0) is 15.2. The molecule has 2 rings (SSSR count). The van der Waals surface area contributed by atoms with E-state index < -0.39 is 0 Å². The number of ether oxygens (including phenoxy) is 1. The van der Waals surface area contributed by atoms with Crippen LogP contribution in [0.5, 0.6) is 5.75 Å². The highest BCUT2D eigenvalue weighted by Crippen LogP contribution is 2.25. The average Bonchev–Trinajstić information content (AvgIpc) is 2.78. The molecule has 0 spiro atoms. The van der Waals surface area contributed by atoms with Gasteiger partial charge in [-0.2, -0.15) is 0 Å². The Morgan fingerprint density at radius 3 is 2.81 bits per heavy atom. The SMILES string of the molecule is CCCNCc1cc(Br)ccc1OCc1c(C)noc1C. The van der Waals surface area contributed by atoms with Crippen molar-refractivity contribution in [3.8, 4) is 5.75 Å². The molecule has 1 N–H and O–H groups in total. The van der Waals surface area contributed by atoms with Crippen molar-refractivity contribution in [2.24, 2.45) is 0 Å². The minimum Gasteiger partial charge on any atom is -0.488 e. The van der Waals surface area contributed by atoms with E-state index in [1.165, 1.54) is 0 Å². The van der Waals surface area contributed by atoms with Crippen molar-refractivity contribution in [3.63, 3.8) is 0 Å². The first-order valence-corrected chi connectivity index (χ1v) is 7.94. The Balaban J connectivity index is 2.08. The van der Waals surface area contributed by atoms with Gasteiger partial charge in [0.25, 0.3) is 0 Å². The monoisotopic (exact) mass is 352 g/mol. The fourth-order valence-corrected chi connectivity index (χ4v) is 2.49. The second-order valence-corrected chi connectivity index (χ2v) is 5.94. The van der Waals surface area contributed by atoms with E-state index in [0.29, 0.717) is 6.61 Å². The van der Waals surface area contributed by atoms with Crippen LogP contribution in [0, 0.1) is 13.8 Å². The molecule has 21 heavy (non-hydrogen) atoms. The first-order chi connectivity index (χ1) is 10.1. The zero-order valence-electron chi connectivity index (χ0n) is 12.7. The van der Waals surface area contributed by atoms with Gasteiger partial charge in [-0.15, -0.1) is 0 Å². The third kappa shape index (κ3) is 4.32. The number of nitrogens with one attached hydrogen (secondary N) is 1. The van der Waals surface area contributed by atoms with E-state index in [4.69, 9.17) is 9.26 Å². The number of rotatable bonds is 7. The smallest absolute Gasteiger partial charge is 0.140 e. The minimum absolute atomic E-state index is 0.476. The summed E-state index contributed by atoms with van der Waals surface area (Å²) in [5, 5.41) is 7.35. The number of aromatic nitrogens is 1. The molecule has 0 unspecified atom stereocenters. The van der Waals surface area contributed by atoms with Crippen LogP contribution >= 0.6 is 15.9 Å². The molecule has 0 aliphatic heterocycles. The number of nitrogens with zero attached hydrogens (tertiary/aromatic N) is 1. The number of aryl methyl sites for hydroxylation is 2. The molecule has 0 aliphatic carbocycles. The van der Waals surface area contributed by atoms with E-state index in [0.717, 1.165) is 52.3 Å². The van der Waals surface area contributed by atoms with Crippen molar-refractivity contribution >= 4 is 15.9 Å². The molecule has 0 radical (unpaired) electrons. The molecule has 1 heterocycles. The van der Waals surface area contributed by atoms with Gasteiger partial charge in [0.1, 0.15) is 18.1 Å². The van der Waals surface area contributed by atoms with Crippen molar-refractivity contribution in [2.45, 2.75) is 40.3 Å². The summed E-state index contributed by atoms with van der Waals surface area (Å²) in [7, 11) is 0. The summed E-state index contributed by atoms with van der Waals surface area (Å²) in [5.41, 5.74) is 3.05. The van der Waals surface area contributed by atoms with Crippen LogP contribution in [0.1, 0.15) is 35.9 Å². The molecule has 0 aliphatic rings. The molecule has 1 aromatic heterocycles. The molecule has 1 aromatic carbocycles. The Bertz CT molecular complexity index is 576. The van der Waals surface area contributed by atoms with E-state index >= 15 is 0 Å². The summed E-state index contributed by atoms with van der Waals surface area (Å²) in [4.78, 5) is 0. The molecular weight excluding hydrogens is 332 g/mol. The van der Waals surface area contributed by atoms with Gasteiger partial charge < -0.3 is 14.6 Å². The lowest BCUT2D eigenvalue weighted by Gasteiger charge is -2.12. The van der Waals surface area contributed by atoms with Gasteiger partial charge in [-0.3, -0.25) is 0 Å². The molecule has 5 heteroatoms. The fourth-order valence-electron chi connectivity index (χ4n) is 2.08. The second kappa shape index (κ2) is 7.61. The second-order valence-electron chi connectivity index (χ2n) is 5.02. The van der Waals surface area contributed by atoms with Crippen LogP contribution in [0.25, 0.3) is 0 Å². The molecule has 0 atom stereocenters. The lowest BCUT2D eigenvalue weighted by molar-refractivity contribution is 0.298. The maximum atomic E-state index is 5.97. The van der Waals surface area contributed by atoms with Crippen molar-refractivity contribution in [3.05, 3.63) is 45.3 Å². The zero-order valence-corrected chi connectivity index (χ0v) is 14.3. The van der Waals surface area contributed by atoms with Crippen LogP contribution in [0.3, 0.4) is 0 Å². The van der Waals surface area contributed by atoms with Gasteiger partial charge in [0.2, 0.25) is 0 Å². The number of hydrogen-bond donors (Lipinski definition) is 1. The highest BCUT2D eigenvalue weighted by atomic mass is 79.9. The Hall–Kier alpha value is -1.33. The van der Waals surface area contributed by atoms with E-state index in [9.17, 15) is 0 Å². The summed E-state index contributed by atoms with van der Waals surface area (Å²) in [6, 6.07) is 6.07. The summed E-state index contributed by atoms with van der Waals surface area (Å²) < 4.78 is 12.2. The summed E-state index contributed by atoms with van der Waals surface area (Å²) in [6.45, 7) is 8.26. The maximum absolute atomic E-state index is 5.97. The van der Waals surface area contributed by atoms with Crippen LogP contribution in [-0.2, 0) is 13.2 Å². The number of benzene rings is 1. The molecule has 114 valence electrons. The van der Waals surface area contributed by atoms with E-state index in [1.807, 2.05) is 26.0 Å². The van der Waals surface area contributed by atoms with E-state index in [-0.39, 0.29) is 0 Å². The largest absolute Gasteiger partial charge is 0.488 e. The first-order valence-electron chi connectivity index (χ1n) is 7.15. The number of halogens is 1. The van der Waals surface area contributed by atoms with Gasteiger partial charge >= 0.3 is 0 Å². The molecule has 0 amide bonds. The summed E-state index contributed by atoms with van der Waals surface area (Å²) in [6.07, 6.45) is 1.11. The normalized spacial score (nSPS) is 10.9. The lowest BCUT2D eigenvalue weighted by Crippen LogP contribution is -2.14. The van der Waals surface area contributed by atoms with Crippen LogP contribution in [0.2, 0.25) is 0 Å². The maximum Gasteiger partial charge on any atom is 0.140 e. The van der Waals surface area contributed by atoms with Gasteiger partial charge in [-0.05, 0) is 45.0 Å². The Kier molecular flexibility index (Phi) is 5.82. The Morgan fingerprint density at radius 2 is 2.14 bits per heavy atom. The predicted octanol–water partition coefficient (Wildman–Crippen LogP) is 4.13. The van der Waals surface area contributed by atoms with Crippen LogP contribution in [0.15, 0.2) is 27.2 Å². The summed E-state index contributed by atoms with van der Waals surface area (Å²) in [5.74, 6) is 1.71. The molecule has 0 saturated carbocycles. The van der Waals surface area contributed by atoms with Gasteiger partial charge in [0.15, 0.2) is 0 Å². The lowest BCUT2D eigenvalue weighted by atomic mass is 10.2. The minimum atomic E-state index is 0.476. The molecule has 4 nitrogen and oxygen atoms in total. The average molecular weight is 353 g/mol. The first kappa shape index (κ1) is 16.0. The molecular formula is C16H21BrN2O2. The molecule has 0 bridgehead atoms. The highest BCUT2D eigenvalue weighted by Gasteiger charge is 2.11. The number of hydrogen-bond acceptors (Lipinski definition) is 4. The van der Waals surface area contributed by atoms with Crippen LogP contribution < -0.4 is 10.1 Å². The van der Waals surface area contributed by atoms with Crippen molar-refractivity contribution in [1.29, 1.82) is 0 Å². The van der Waals surface area contributed by atoms with Gasteiger partial charge in [0.05, 0.1) is 11.3 Å². The van der Waals surface area contributed by atoms with Crippen molar-refractivity contribution in [2.75, 3.05) is 6.54 Å². The van der Waals surface area contributed by atoms with Gasteiger partial charge in [0, 0.05) is 16.6 Å². The van der Waals surface area contributed by atoms with Crippen LogP contribution in [-0.4, -0.2) is 11.7 Å². The molecule has 2 aromatic rings. The molecule has 0 saturated heterocycles. The topological polar surface area (TPSA) is 47.3 Å². The fraction of sp³-hybridized carbons (Fsp3) is 0.438. The van der Waals surface area contributed by atoms with Crippen LogP contribution in [0.4, 0.5) is 0 Å². The Labute approximate surface area is 134 Å². The van der Waals surface area contributed by atoms with E-state index in [1.54, 1.807) is 0 Å². The quantitative estimate of drug-likeness (QED) is 0.761. The van der Waals surface area contributed by atoms with E-state index in [2.05, 4.69) is 39.4 Å². The van der Waals surface area contributed by atoms with Gasteiger partial charge in [-0.1, -0.05) is 28.0 Å². The molecule has 0 fully saturated rings. The highest BCUT2D eigenvalue weighted by molar-refractivity contribution is 9.10. The van der Waals surface area contributed by atoms with Crippen molar-refractivity contribution in [1.82, 2.24) is 10.5 Å².